The molecule has 0 spiro atoms. The third-order valence-electron chi connectivity index (χ3n) is 1.35. The highest BCUT2D eigenvalue weighted by Crippen LogP contribution is 1.99. The predicted molar refractivity (Wildman–Crippen MR) is 36.9 cm³/mol. The zero-order valence-corrected chi connectivity index (χ0v) is 5.96. The number of carbonyl (C=O) groups is 1. The van der Waals surface area contributed by atoms with E-state index in [-0.39, 0.29) is 5.82 Å². The van der Waals surface area contributed by atoms with Crippen molar-refractivity contribution in [3.05, 3.63) is 23.3 Å². The van der Waals surface area contributed by atoms with E-state index in [2.05, 4.69) is 9.97 Å². The summed E-state index contributed by atoms with van der Waals surface area (Å²) in [5.74, 6) is 0.253. The lowest BCUT2D eigenvalue weighted by molar-refractivity contribution is 0.111. The molecular weight excluding hydrogens is 128 g/mol. The molecule has 3 nitrogen and oxygen atoms in total. The molecule has 0 radical (unpaired) electrons. The van der Waals surface area contributed by atoms with Crippen LogP contribution in [0, 0.1) is 13.8 Å². The highest BCUT2D eigenvalue weighted by atomic mass is 16.1. The number of nitrogens with zero attached hydrogens (tertiary/aromatic N) is 2. The number of aromatic nitrogens is 2. The molecule has 0 amide bonds. The van der Waals surface area contributed by atoms with Gasteiger partial charge in [0, 0.05) is 11.9 Å². The molecule has 1 aromatic rings. The van der Waals surface area contributed by atoms with Crippen molar-refractivity contribution in [2.45, 2.75) is 13.8 Å². The molecule has 0 saturated carbocycles. The quantitative estimate of drug-likeness (QED) is 0.539. The first-order chi connectivity index (χ1) is 4.74. The molecule has 0 aromatic carbocycles. The maximum atomic E-state index is 10.1. The molecular formula is C7H8N2O. The van der Waals surface area contributed by atoms with Gasteiger partial charge >= 0.3 is 0 Å². The molecule has 0 aliphatic heterocycles. The number of aldehydes is 1. The third-order valence-corrected chi connectivity index (χ3v) is 1.35. The van der Waals surface area contributed by atoms with Gasteiger partial charge < -0.3 is 0 Å². The fourth-order valence-electron chi connectivity index (χ4n) is 0.602. The van der Waals surface area contributed by atoms with Crippen molar-refractivity contribution in [2.75, 3.05) is 0 Å². The lowest BCUT2D eigenvalue weighted by atomic mass is 10.3. The minimum atomic E-state index is 0.253. The van der Waals surface area contributed by atoms with Gasteiger partial charge in [-0.2, -0.15) is 0 Å². The van der Waals surface area contributed by atoms with E-state index < -0.39 is 0 Å². The summed E-state index contributed by atoms with van der Waals surface area (Å²) in [7, 11) is 0. The van der Waals surface area contributed by atoms with Crippen molar-refractivity contribution in [2.24, 2.45) is 0 Å². The summed E-state index contributed by atoms with van der Waals surface area (Å²) >= 11 is 0. The largest absolute Gasteiger partial charge is 0.294 e. The summed E-state index contributed by atoms with van der Waals surface area (Å²) in [6, 6.07) is 0. The number of hydrogen-bond donors (Lipinski definition) is 0. The van der Waals surface area contributed by atoms with E-state index in [0.717, 1.165) is 11.3 Å². The fraction of sp³-hybridized carbons (Fsp3) is 0.286. The Bertz CT molecular complexity index is 258. The Labute approximate surface area is 59.1 Å². The van der Waals surface area contributed by atoms with E-state index in [1.165, 1.54) is 0 Å². The van der Waals surface area contributed by atoms with Crippen molar-refractivity contribution in [1.29, 1.82) is 0 Å². The topological polar surface area (TPSA) is 42.9 Å². The first-order valence-corrected chi connectivity index (χ1v) is 2.99. The summed E-state index contributed by atoms with van der Waals surface area (Å²) in [5, 5.41) is 0. The Morgan fingerprint density at radius 2 is 2.20 bits per heavy atom. The van der Waals surface area contributed by atoms with Gasteiger partial charge in [0.1, 0.15) is 0 Å². The van der Waals surface area contributed by atoms with E-state index in [0.29, 0.717) is 6.29 Å². The number of aryl methyl sites for hydroxylation is 2. The Kier molecular flexibility index (Phi) is 1.76. The average molecular weight is 136 g/mol. The van der Waals surface area contributed by atoms with Crippen LogP contribution in [-0.4, -0.2) is 16.3 Å². The van der Waals surface area contributed by atoms with E-state index >= 15 is 0 Å². The van der Waals surface area contributed by atoms with Gasteiger partial charge in [-0.3, -0.25) is 4.79 Å². The van der Waals surface area contributed by atoms with Crippen LogP contribution in [0.3, 0.4) is 0 Å². The second-order valence-electron chi connectivity index (χ2n) is 2.11. The van der Waals surface area contributed by atoms with Gasteiger partial charge in [-0.05, 0) is 19.4 Å². The van der Waals surface area contributed by atoms with Gasteiger partial charge in [-0.1, -0.05) is 0 Å². The van der Waals surface area contributed by atoms with Crippen molar-refractivity contribution < 1.29 is 4.79 Å². The monoisotopic (exact) mass is 136 g/mol. The zero-order valence-electron chi connectivity index (χ0n) is 5.96. The van der Waals surface area contributed by atoms with Gasteiger partial charge in [0.15, 0.2) is 12.1 Å². The molecule has 0 atom stereocenters. The molecule has 0 bridgehead atoms. The van der Waals surface area contributed by atoms with Gasteiger partial charge in [-0.25, -0.2) is 9.97 Å². The summed E-state index contributed by atoms with van der Waals surface area (Å²) in [5.41, 5.74) is 1.86. The molecule has 10 heavy (non-hydrogen) atoms. The zero-order chi connectivity index (χ0) is 7.56. The van der Waals surface area contributed by atoms with Gasteiger partial charge in [0.25, 0.3) is 0 Å². The molecule has 0 aliphatic rings. The highest BCUT2D eigenvalue weighted by molar-refractivity contribution is 5.68. The van der Waals surface area contributed by atoms with E-state index in [1.807, 2.05) is 13.8 Å². The predicted octanol–water partition coefficient (Wildman–Crippen LogP) is 0.906. The van der Waals surface area contributed by atoms with Crippen LogP contribution in [-0.2, 0) is 0 Å². The van der Waals surface area contributed by atoms with Crippen LogP contribution in [0.1, 0.15) is 21.9 Å². The standard InChI is InChI=1S/C7H8N2O/c1-5-3-8-7(4-10)9-6(5)2/h3-4H,1-2H3. The number of rotatable bonds is 1. The lowest BCUT2D eigenvalue weighted by Crippen LogP contribution is -1.96. The maximum absolute atomic E-state index is 10.1. The van der Waals surface area contributed by atoms with Gasteiger partial charge in [0.2, 0.25) is 0 Å². The van der Waals surface area contributed by atoms with Crippen molar-refractivity contribution in [1.82, 2.24) is 9.97 Å². The van der Waals surface area contributed by atoms with E-state index in [9.17, 15) is 4.79 Å². The van der Waals surface area contributed by atoms with Crippen LogP contribution >= 0.6 is 0 Å². The molecule has 3 heteroatoms. The van der Waals surface area contributed by atoms with Crippen LogP contribution in [0.5, 0.6) is 0 Å². The number of hydrogen-bond acceptors (Lipinski definition) is 3. The minimum Gasteiger partial charge on any atom is -0.294 e. The average Bonchev–Trinajstić information content (AvgIpc) is 1.95. The van der Waals surface area contributed by atoms with Crippen LogP contribution in [0.4, 0.5) is 0 Å². The maximum Gasteiger partial charge on any atom is 0.192 e. The molecule has 52 valence electrons. The molecule has 0 N–H and O–H groups in total. The first kappa shape index (κ1) is 6.86. The molecule has 0 fully saturated rings. The van der Waals surface area contributed by atoms with Gasteiger partial charge in [-0.15, -0.1) is 0 Å². The SMILES string of the molecule is Cc1cnc(C=O)nc1C. The summed E-state index contributed by atoms with van der Waals surface area (Å²) in [6.07, 6.45) is 2.29. The molecule has 1 rings (SSSR count). The first-order valence-electron chi connectivity index (χ1n) is 2.99. The Morgan fingerprint density at radius 1 is 1.50 bits per heavy atom. The summed E-state index contributed by atoms with van der Waals surface area (Å²) in [4.78, 5) is 17.8. The molecule has 0 aliphatic carbocycles. The normalized spacial score (nSPS) is 9.40. The smallest absolute Gasteiger partial charge is 0.192 e. The number of carbonyl (C=O) groups excluding carboxylic acids is 1. The second kappa shape index (κ2) is 2.56. The lowest BCUT2D eigenvalue weighted by Gasteiger charge is -1.95. The van der Waals surface area contributed by atoms with Crippen LogP contribution in [0.2, 0.25) is 0 Å². The fourth-order valence-corrected chi connectivity index (χ4v) is 0.602. The van der Waals surface area contributed by atoms with E-state index in [1.54, 1.807) is 6.20 Å². The third kappa shape index (κ3) is 1.18. The van der Waals surface area contributed by atoms with Gasteiger partial charge in [0.05, 0.1) is 0 Å². The molecule has 1 aromatic heterocycles. The highest BCUT2D eigenvalue weighted by Gasteiger charge is 1.95. The van der Waals surface area contributed by atoms with Crippen LogP contribution in [0.15, 0.2) is 6.20 Å². The minimum absolute atomic E-state index is 0.253. The van der Waals surface area contributed by atoms with Crippen molar-refractivity contribution in [3.63, 3.8) is 0 Å². The molecule has 0 saturated heterocycles. The van der Waals surface area contributed by atoms with Crippen molar-refractivity contribution in [3.8, 4) is 0 Å². The van der Waals surface area contributed by atoms with Crippen LogP contribution < -0.4 is 0 Å². The summed E-state index contributed by atoms with van der Waals surface area (Å²) < 4.78 is 0. The summed E-state index contributed by atoms with van der Waals surface area (Å²) in [6.45, 7) is 3.76. The molecule has 1 heterocycles. The Morgan fingerprint density at radius 3 is 2.70 bits per heavy atom. The Balaban J connectivity index is 3.16. The van der Waals surface area contributed by atoms with Crippen LogP contribution in [0.25, 0.3) is 0 Å². The van der Waals surface area contributed by atoms with Crippen molar-refractivity contribution >= 4 is 6.29 Å². The molecule has 0 unspecified atom stereocenters. The Hall–Kier alpha value is -1.25. The van der Waals surface area contributed by atoms with E-state index in [4.69, 9.17) is 0 Å². The second-order valence-corrected chi connectivity index (χ2v) is 2.11.